The number of carbonyl (C=O) groups is 1. The number of nitrogens with one attached hydrogen (secondary N) is 2. The monoisotopic (exact) mass is 381 g/mol. The largest absolute Gasteiger partial charge is 0.364 e. The molecule has 0 unspecified atom stereocenters. The number of aryl methyl sites for hydroxylation is 1. The lowest BCUT2D eigenvalue weighted by molar-refractivity contribution is -0.137. The van der Waals surface area contributed by atoms with Crippen LogP contribution in [0.15, 0.2) is 35.4 Å². The lowest BCUT2D eigenvalue weighted by atomic mass is 9.93. The number of rotatable bonds is 5. The Kier molecular flexibility index (Phi) is 5.21. The number of hydrogen-bond acceptors (Lipinski definition) is 5. The van der Waals surface area contributed by atoms with E-state index in [1.165, 1.54) is 6.33 Å². The van der Waals surface area contributed by atoms with Crippen LogP contribution in [0, 0.1) is 6.92 Å². The molecule has 146 valence electrons. The molecule has 0 spiro atoms. The highest BCUT2D eigenvalue weighted by Crippen LogP contribution is 2.25. The average Bonchev–Trinajstić information content (AvgIpc) is 3.12. The van der Waals surface area contributed by atoms with Gasteiger partial charge in [-0.3, -0.25) is 9.59 Å². The Morgan fingerprint density at radius 1 is 1.32 bits per heavy atom. The Morgan fingerprint density at radius 2 is 2.14 bits per heavy atom. The molecule has 3 aromatic rings. The minimum atomic E-state index is -0.141. The number of nitrogens with zero attached hydrogens (tertiary/aromatic N) is 3. The van der Waals surface area contributed by atoms with Crippen LogP contribution in [-0.4, -0.2) is 50.4 Å². The standard InChI is InChI=1S/C20H23N5O3/c1-13-3-2-4-15-20(13)24-17(23-15)10-28-11-19(27)25-7-5-14(6-8-25)16-9-18(26)22-12-21-16/h2-4,9,12,14H,5-8,10-11H2,1H3,(H,23,24)(H,21,22,26). The number of benzene rings is 1. The zero-order valence-corrected chi connectivity index (χ0v) is 15.8. The first-order valence-electron chi connectivity index (χ1n) is 9.44. The van der Waals surface area contributed by atoms with E-state index in [2.05, 4.69) is 19.9 Å². The van der Waals surface area contributed by atoms with Crippen LogP contribution >= 0.6 is 0 Å². The number of fused-ring (bicyclic) bond motifs is 1. The lowest BCUT2D eigenvalue weighted by Gasteiger charge is -2.31. The average molecular weight is 381 g/mol. The molecule has 3 heterocycles. The maximum Gasteiger partial charge on any atom is 0.250 e. The second-order valence-electron chi connectivity index (χ2n) is 7.14. The number of aromatic amines is 2. The Labute approximate surface area is 162 Å². The van der Waals surface area contributed by atoms with E-state index in [0.29, 0.717) is 13.1 Å². The van der Waals surface area contributed by atoms with Crippen LogP contribution in [0.2, 0.25) is 0 Å². The number of aromatic nitrogens is 4. The predicted molar refractivity (Wildman–Crippen MR) is 104 cm³/mol. The first-order valence-corrected chi connectivity index (χ1v) is 9.44. The van der Waals surface area contributed by atoms with E-state index in [0.717, 1.165) is 41.0 Å². The maximum atomic E-state index is 12.4. The van der Waals surface area contributed by atoms with Crippen LogP contribution in [0.3, 0.4) is 0 Å². The molecule has 28 heavy (non-hydrogen) atoms. The van der Waals surface area contributed by atoms with Gasteiger partial charge in [0, 0.05) is 25.1 Å². The number of carbonyl (C=O) groups excluding carboxylic acids is 1. The van der Waals surface area contributed by atoms with Crippen LogP contribution in [0.5, 0.6) is 0 Å². The highest BCUT2D eigenvalue weighted by atomic mass is 16.5. The summed E-state index contributed by atoms with van der Waals surface area (Å²) in [6.45, 7) is 3.61. The SMILES string of the molecule is Cc1cccc2[nH]c(COCC(=O)N3CCC(c4cc(=O)[nH]cn4)CC3)nc12. The second-order valence-corrected chi connectivity index (χ2v) is 7.14. The number of para-hydroxylation sites is 1. The maximum absolute atomic E-state index is 12.4. The molecule has 1 aliphatic rings. The molecule has 0 saturated carbocycles. The molecular weight excluding hydrogens is 358 g/mol. The van der Waals surface area contributed by atoms with Crippen molar-refractivity contribution in [1.29, 1.82) is 0 Å². The minimum absolute atomic E-state index is 0.0235. The second kappa shape index (κ2) is 7.93. The predicted octanol–water partition coefficient (Wildman–Crippen LogP) is 1.88. The van der Waals surface area contributed by atoms with Crippen LogP contribution in [0.25, 0.3) is 11.0 Å². The number of H-pyrrole nitrogens is 2. The molecule has 1 aromatic carbocycles. The van der Waals surface area contributed by atoms with Gasteiger partial charge in [-0.2, -0.15) is 0 Å². The summed E-state index contributed by atoms with van der Waals surface area (Å²) in [5, 5.41) is 0. The van der Waals surface area contributed by atoms with E-state index in [9.17, 15) is 9.59 Å². The fraction of sp³-hybridized carbons (Fsp3) is 0.400. The molecule has 8 heteroatoms. The molecule has 1 amide bonds. The van der Waals surface area contributed by atoms with Gasteiger partial charge in [0.25, 0.3) is 5.56 Å². The minimum Gasteiger partial charge on any atom is -0.364 e. The number of piperidine rings is 1. The third kappa shape index (κ3) is 3.96. The summed E-state index contributed by atoms with van der Waals surface area (Å²) in [7, 11) is 0. The van der Waals surface area contributed by atoms with E-state index in [-0.39, 0.29) is 30.6 Å². The molecule has 0 bridgehead atoms. The van der Waals surface area contributed by atoms with Gasteiger partial charge >= 0.3 is 0 Å². The van der Waals surface area contributed by atoms with Crippen LogP contribution in [0.4, 0.5) is 0 Å². The van der Waals surface area contributed by atoms with Gasteiger partial charge in [0.15, 0.2) is 0 Å². The van der Waals surface area contributed by atoms with Crippen molar-refractivity contribution in [3.05, 3.63) is 58.0 Å². The third-order valence-corrected chi connectivity index (χ3v) is 5.19. The van der Waals surface area contributed by atoms with Gasteiger partial charge < -0.3 is 19.6 Å². The number of likely N-dealkylation sites (tertiary alicyclic amines) is 1. The Hall–Kier alpha value is -3.00. The number of ether oxygens (including phenoxy) is 1. The summed E-state index contributed by atoms with van der Waals surface area (Å²) in [5.41, 5.74) is 3.67. The van der Waals surface area contributed by atoms with E-state index in [1.807, 2.05) is 30.0 Å². The van der Waals surface area contributed by atoms with Crippen molar-refractivity contribution >= 4 is 16.9 Å². The van der Waals surface area contributed by atoms with Crippen LogP contribution < -0.4 is 5.56 Å². The third-order valence-electron chi connectivity index (χ3n) is 5.19. The highest BCUT2D eigenvalue weighted by molar-refractivity contribution is 5.78. The smallest absolute Gasteiger partial charge is 0.250 e. The van der Waals surface area contributed by atoms with Crippen LogP contribution in [-0.2, 0) is 16.1 Å². The summed E-state index contributed by atoms with van der Waals surface area (Å²) >= 11 is 0. The molecule has 1 fully saturated rings. The fourth-order valence-electron chi connectivity index (χ4n) is 3.65. The first kappa shape index (κ1) is 18.4. The fourth-order valence-corrected chi connectivity index (χ4v) is 3.65. The van der Waals surface area contributed by atoms with Gasteiger partial charge in [-0.15, -0.1) is 0 Å². The molecule has 2 N–H and O–H groups in total. The topological polar surface area (TPSA) is 104 Å². The van der Waals surface area contributed by atoms with Crippen molar-refractivity contribution in [3.8, 4) is 0 Å². The normalized spacial score (nSPS) is 15.2. The summed E-state index contributed by atoms with van der Waals surface area (Å²) in [5.74, 6) is 0.909. The molecule has 1 aliphatic heterocycles. The first-order chi connectivity index (χ1) is 13.6. The molecular formula is C20H23N5O3. The Bertz CT molecular complexity index is 1030. The zero-order chi connectivity index (χ0) is 19.5. The molecule has 4 rings (SSSR count). The molecule has 1 saturated heterocycles. The van der Waals surface area contributed by atoms with Gasteiger partial charge in [-0.1, -0.05) is 12.1 Å². The van der Waals surface area contributed by atoms with Crippen molar-refractivity contribution < 1.29 is 9.53 Å². The molecule has 2 aromatic heterocycles. The van der Waals surface area contributed by atoms with Crippen LogP contribution in [0.1, 0.15) is 35.8 Å². The number of amides is 1. The van der Waals surface area contributed by atoms with E-state index in [1.54, 1.807) is 6.07 Å². The zero-order valence-electron chi connectivity index (χ0n) is 15.8. The van der Waals surface area contributed by atoms with Crippen molar-refractivity contribution in [1.82, 2.24) is 24.8 Å². The summed E-state index contributed by atoms with van der Waals surface area (Å²) < 4.78 is 5.59. The highest BCUT2D eigenvalue weighted by Gasteiger charge is 2.24. The summed E-state index contributed by atoms with van der Waals surface area (Å²) in [6.07, 6.45) is 3.03. The van der Waals surface area contributed by atoms with Gasteiger partial charge in [0.1, 0.15) is 19.0 Å². The number of hydrogen-bond donors (Lipinski definition) is 2. The van der Waals surface area contributed by atoms with Gasteiger partial charge in [-0.25, -0.2) is 9.97 Å². The number of imidazole rings is 1. The van der Waals surface area contributed by atoms with Crippen molar-refractivity contribution in [3.63, 3.8) is 0 Å². The summed E-state index contributed by atoms with van der Waals surface area (Å²) in [4.78, 5) is 40.2. The molecule has 8 nitrogen and oxygen atoms in total. The van der Waals surface area contributed by atoms with E-state index in [4.69, 9.17) is 4.74 Å². The van der Waals surface area contributed by atoms with Crippen molar-refractivity contribution in [2.45, 2.75) is 32.3 Å². The Balaban J connectivity index is 1.26. The lowest BCUT2D eigenvalue weighted by Crippen LogP contribution is -2.40. The van der Waals surface area contributed by atoms with E-state index >= 15 is 0 Å². The van der Waals surface area contributed by atoms with Crippen molar-refractivity contribution in [2.24, 2.45) is 0 Å². The van der Waals surface area contributed by atoms with Crippen molar-refractivity contribution in [2.75, 3.05) is 19.7 Å². The van der Waals surface area contributed by atoms with Gasteiger partial charge in [0.05, 0.1) is 23.1 Å². The van der Waals surface area contributed by atoms with E-state index < -0.39 is 0 Å². The van der Waals surface area contributed by atoms with Gasteiger partial charge in [0.2, 0.25) is 5.91 Å². The summed E-state index contributed by atoms with van der Waals surface area (Å²) in [6, 6.07) is 7.51. The molecule has 0 radical (unpaired) electrons. The quantitative estimate of drug-likeness (QED) is 0.702. The van der Waals surface area contributed by atoms with Gasteiger partial charge in [-0.05, 0) is 31.4 Å². The Morgan fingerprint density at radius 3 is 2.89 bits per heavy atom. The molecule has 0 atom stereocenters. The molecule has 0 aliphatic carbocycles.